The summed E-state index contributed by atoms with van der Waals surface area (Å²) in [6, 6.07) is 0.0913. The minimum Gasteiger partial charge on any atom is -0.378 e. The summed E-state index contributed by atoms with van der Waals surface area (Å²) in [5.41, 5.74) is 0. The third-order valence-corrected chi connectivity index (χ3v) is 4.04. The fourth-order valence-corrected chi connectivity index (χ4v) is 3.07. The van der Waals surface area contributed by atoms with Crippen LogP contribution in [0.1, 0.15) is 20.3 Å². The molecule has 19 heavy (non-hydrogen) atoms. The summed E-state index contributed by atoms with van der Waals surface area (Å²) in [6.07, 6.45) is 0.193. The Morgan fingerprint density at radius 3 is 2.84 bits per heavy atom. The Kier molecular flexibility index (Phi) is 4.81. The maximum absolute atomic E-state index is 11.8. The third-order valence-electron chi connectivity index (χ3n) is 2.83. The number of ether oxygens (including phenoxy) is 1. The quantitative estimate of drug-likeness (QED) is 0.804. The highest BCUT2D eigenvalue weighted by Gasteiger charge is 2.33. The number of aliphatic imine (C=N–C) groups is 1. The van der Waals surface area contributed by atoms with Gasteiger partial charge in [0.25, 0.3) is 5.91 Å². The maximum Gasteiger partial charge on any atom is 0.262 e. The van der Waals surface area contributed by atoms with Crippen LogP contribution >= 0.6 is 11.8 Å². The van der Waals surface area contributed by atoms with Crippen molar-refractivity contribution in [2.24, 2.45) is 4.99 Å². The van der Waals surface area contributed by atoms with E-state index in [-0.39, 0.29) is 29.5 Å². The second-order valence-corrected chi connectivity index (χ2v) is 6.03. The Morgan fingerprint density at radius 1 is 1.53 bits per heavy atom. The van der Waals surface area contributed by atoms with E-state index >= 15 is 0 Å². The molecule has 0 aliphatic carbocycles. The van der Waals surface area contributed by atoms with Crippen LogP contribution in [0.5, 0.6) is 0 Å². The third kappa shape index (κ3) is 3.94. The zero-order valence-electron chi connectivity index (χ0n) is 11.2. The molecule has 0 aromatic heterocycles. The van der Waals surface area contributed by atoms with Gasteiger partial charge in [0.2, 0.25) is 5.91 Å². The molecule has 0 aromatic rings. The number of morpholine rings is 1. The number of hydrogen-bond donors (Lipinski definition) is 1. The molecule has 106 valence electrons. The Bertz CT molecular complexity index is 392. The Balaban J connectivity index is 1.86. The number of rotatable bonds is 3. The predicted octanol–water partition coefficient (Wildman–Crippen LogP) is 0.231. The molecule has 0 spiro atoms. The van der Waals surface area contributed by atoms with Crippen molar-refractivity contribution >= 4 is 28.7 Å². The van der Waals surface area contributed by atoms with Gasteiger partial charge >= 0.3 is 0 Å². The van der Waals surface area contributed by atoms with Gasteiger partial charge in [0.1, 0.15) is 5.25 Å². The Labute approximate surface area is 117 Å². The van der Waals surface area contributed by atoms with E-state index in [0.29, 0.717) is 13.2 Å². The summed E-state index contributed by atoms with van der Waals surface area (Å²) in [6.45, 7) is 6.63. The van der Waals surface area contributed by atoms with Crippen molar-refractivity contribution in [1.29, 1.82) is 0 Å². The number of nitrogens with one attached hydrogen (secondary N) is 1. The molecule has 2 aliphatic heterocycles. The molecule has 6 nitrogen and oxygen atoms in total. The first-order valence-electron chi connectivity index (χ1n) is 6.47. The van der Waals surface area contributed by atoms with E-state index in [1.807, 2.05) is 18.7 Å². The van der Waals surface area contributed by atoms with Gasteiger partial charge in [-0.3, -0.25) is 9.59 Å². The highest BCUT2D eigenvalue weighted by Crippen LogP contribution is 2.27. The van der Waals surface area contributed by atoms with Gasteiger partial charge in [0.05, 0.1) is 13.2 Å². The molecule has 1 N–H and O–H groups in total. The predicted molar refractivity (Wildman–Crippen MR) is 74.1 cm³/mol. The van der Waals surface area contributed by atoms with E-state index in [9.17, 15) is 9.59 Å². The fraction of sp³-hybridized carbons (Fsp3) is 0.750. The molecule has 2 rings (SSSR count). The van der Waals surface area contributed by atoms with Crippen molar-refractivity contribution < 1.29 is 14.3 Å². The molecule has 0 saturated carbocycles. The first-order chi connectivity index (χ1) is 9.06. The molecule has 1 fully saturated rings. The van der Waals surface area contributed by atoms with E-state index in [2.05, 4.69) is 10.3 Å². The zero-order valence-corrected chi connectivity index (χ0v) is 12.0. The fourth-order valence-electron chi connectivity index (χ4n) is 1.95. The highest BCUT2D eigenvalue weighted by molar-refractivity contribution is 8.15. The van der Waals surface area contributed by atoms with Gasteiger partial charge in [-0.1, -0.05) is 11.8 Å². The molecule has 0 unspecified atom stereocenters. The van der Waals surface area contributed by atoms with E-state index in [4.69, 9.17) is 4.74 Å². The van der Waals surface area contributed by atoms with Crippen molar-refractivity contribution in [3.63, 3.8) is 0 Å². The van der Waals surface area contributed by atoms with Gasteiger partial charge in [0.15, 0.2) is 5.17 Å². The van der Waals surface area contributed by atoms with Crippen LogP contribution in [-0.2, 0) is 14.3 Å². The number of carbonyl (C=O) groups is 2. The molecule has 2 heterocycles. The maximum atomic E-state index is 11.8. The number of nitrogens with zero attached hydrogens (tertiary/aromatic N) is 2. The smallest absolute Gasteiger partial charge is 0.262 e. The van der Waals surface area contributed by atoms with Gasteiger partial charge in [0, 0.05) is 25.6 Å². The van der Waals surface area contributed by atoms with Crippen molar-refractivity contribution in [3.8, 4) is 0 Å². The molecular formula is C12H19N3O3S. The number of amides is 2. The lowest BCUT2D eigenvalue weighted by Crippen LogP contribution is -2.39. The van der Waals surface area contributed by atoms with Gasteiger partial charge in [-0.2, -0.15) is 4.99 Å². The van der Waals surface area contributed by atoms with Crippen LogP contribution < -0.4 is 5.32 Å². The Hall–Kier alpha value is -1.08. The van der Waals surface area contributed by atoms with Crippen molar-refractivity contribution in [2.75, 3.05) is 26.3 Å². The van der Waals surface area contributed by atoms with Gasteiger partial charge in [-0.05, 0) is 13.8 Å². The van der Waals surface area contributed by atoms with Gasteiger partial charge < -0.3 is 15.0 Å². The topological polar surface area (TPSA) is 71.0 Å². The SMILES string of the molecule is CC(C)NC(=O)C[C@H]1SC(N2CCOCC2)=NC1=O. The average Bonchev–Trinajstić information content (AvgIpc) is 2.71. The number of amidine groups is 1. The van der Waals surface area contributed by atoms with Crippen LogP contribution in [-0.4, -0.2) is 59.5 Å². The molecule has 1 atom stereocenters. The summed E-state index contributed by atoms with van der Waals surface area (Å²) in [7, 11) is 0. The molecule has 0 radical (unpaired) electrons. The summed E-state index contributed by atoms with van der Waals surface area (Å²) >= 11 is 1.39. The number of thioether (sulfide) groups is 1. The largest absolute Gasteiger partial charge is 0.378 e. The second-order valence-electron chi connectivity index (χ2n) is 4.86. The van der Waals surface area contributed by atoms with E-state index < -0.39 is 0 Å². The summed E-state index contributed by atoms with van der Waals surface area (Å²) in [5.74, 6) is -0.301. The van der Waals surface area contributed by atoms with Crippen LogP contribution in [0.25, 0.3) is 0 Å². The number of hydrogen-bond acceptors (Lipinski definition) is 5. The van der Waals surface area contributed by atoms with Gasteiger partial charge in [-0.15, -0.1) is 0 Å². The zero-order chi connectivity index (χ0) is 13.8. The minimum atomic E-state index is -0.378. The number of carbonyl (C=O) groups excluding carboxylic acids is 2. The summed E-state index contributed by atoms with van der Waals surface area (Å²) < 4.78 is 5.27. The second kappa shape index (κ2) is 6.38. The van der Waals surface area contributed by atoms with Crippen molar-refractivity contribution in [1.82, 2.24) is 10.2 Å². The van der Waals surface area contributed by atoms with E-state index in [1.165, 1.54) is 11.8 Å². The van der Waals surface area contributed by atoms with Crippen LogP contribution in [0.15, 0.2) is 4.99 Å². The lowest BCUT2D eigenvalue weighted by molar-refractivity contribution is -0.124. The molecule has 7 heteroatoms. The minimum absolute atomic E-state index is 0.0913. The average molecular weight is 285 g/mol. The first-order valence-corrected chi connectivity index (χ1v) is 7.35. The lowest BCUT2D eigenvalue weighted by atomic mass is 10.2. The standard InChI is InChI=1S/C12H19N3O3S/c1-8(2)13-10(16)7-9-11(17)14-12(19-9)15-3-5-18-6-4-15/h8-9H,3-7H2,1-2H3,(H,13,16)/t9-/m1/s1. The molecule has 0 bridgehead atoms. The normalized spacial score (nSPS) is 23.7. The molecule has 0 aromatic carbocycles. The van der Waals surface area contributed by atoms with Crippen molar-refractivity contribution in [3.05, 3.63) is 0 Å². The summed E-state index contributed by atoms with van der Waals surface area (Å²) in [5, 5.41) is 3.15. The van der Waals surface area contributed by atoms with Gasteiger partial charge in [-0.25, -0.2) is 0 Å². The van der Waals surface area contributed by atoms with Crippen LogP contribution in [0.2, 0.25) is 0 Å². The van der Waals surface area contributed by atoms with Crippen molar-refractivity contribution in [2.45, 2.75) is 31.6 Å². The van der Waals surface area contributed by atoms with Crippen LogP contribution in [0.4, 0.5) is 0 Å². The lowest BCUT2D eigenvalue weighted by Gasteiger charge is -2.27. The highest BCUT2D eigenvalue weighted by atomic mass is 32.2. The monoisotopic (exact) mass is 285 g/mol. The van der Waals surface area contributed by atoms with Crippen LogP contribution in [0, 0.1) is 0 Å². The first kappa shape index (κ1) is 14.3. The molecular weight excluding hydrogens is 266 g/mol. The van der Waals surface area contributed by atoms with Crippen LogP contribution in [0.3, 0.4) is 0 Å². The Morgan fingerprint density at radius 2 is 2.21 bits per heavy atom. The van der Waals surface area contributed by atoms with E-state index in [1.54, 1.807) is 0 Å². The molecule has 2 aliphatic rings. The van der Waals surface area contributed by atoms with E-state index in [0.717, 1.165) is 18.3 Å². The molecule has 2 amide bonds. The molecule has 1 saturated heterocycles. The summed E-state index contributed by atoms with van der Waals surface area (Å²) in [4.78, 5) is 29.6.